The number of nitrogens with one attached hydrogen (secondary N) is 1. The fourth-order valence-electron chi connectivity index (χ4n) is 1.33. The monoisotopic (exact) mass is 271 g/mol. The van der Waals surface area contributed by atoms with E-state index in [0.717, 1.165) is 12.0 Å². The Morgan fingerprint density at radius 2 is 2.17 bits per heavy atom. The highest BCUT2D eigenvalue weighted by Crippen LogP contribution is 2.28. The van der Waals surface area contributed by atoms with Crippen molar-refractivity contribution in [3.8, 4) is 0 Å². The van der Waals surface area contributed by atoms with E-state index < -0.39 is 5.97 Å². The largest absolute Gasteiger partial charge is 0.465 e. The van der Waals surface area contributed by atoms with E-state index in [1.165, 1.54) is 18.4 Å². The molecule has 0 aliphatic heterocycles. The zero-order chi connectivity index (χ0) is 13.5. The topological polar surface area (TPSA) is 64.6 Å². The number of aryl methyl sites for hydroxylation is 1. The van der Waals surface area contributed by atoms with Gasteiger partial charge in [-0.25, -0.2) is 4.79 Å². The Hall–Kier alpha value is -1.40. The van der Waals surface area contributed by atoms with Gasteiger partial charge in [-0.1, -0.05) is 6.92 Å². The van der Waals surface area contributed by atoms with Crippen molar-refractivity contribution in [1.29, 1.82) is 0 Å². The lowest BCUT2D eigenvalue weighted by Crippen LogP contribution is -2.20. The fourth-order valence-corrected chi connectivity index (χ4v) is 2.25. The van der Waals surface area contributed by atoms with Crippen LogP contribution >= 0.6 is 11.3 Å². The van der Waals surface area contributed by atoms with Crippen LogP contribution in [0.15, 0.2) is 5.38 Å². The molecule has 6 heteroatoms. The van der Waals surface area contributed by atoms with Crippen molar-refractivity contribution in [2.75, 3.05) is 25.6 Å². The summed E-state index contributed by atoms with van der Waals surface area (Å²) >= 11 is 1.25. The minimum atomic E-state index is -0.446. The molecular formula is C12H17NO4S. The van der Waals surface area contributed by atoms with Crippen LogP contribution in [-0.4, -0.2) is 32.2 Å². The molecule has 5 nitrogen and oxygen atoms in total. The van der Waals surface area contributed by atoms with Crippen LogP contribution < -0.4 is 5.32 Å². The minimum Gasteiger partial charge on any atom is -0.465 e. The predicted molar refractivity (Wildman–Crippen MR) is 70.1 cm³/mol. The summed E-state index contributed by atoms with van der Waals surface area (Å²) in [6, 6.07) is 0. The molecule has 0 saturated carbocycles. The van der Waals surface area contributed by atoms with Crippen LogP contribution in [0.5, 0.6) is 0 Å². The molecule has 0 spiro atoms. The predicted octanol–water partition coefficient (Wildman–Crippen LogP) is 2.21. The average Bonchev–Trinajstić information content (AvgIpc) is 2.71. The molecule has 1 aromatic heterocycles. The van der Waals surface area contributed by atoms with E-state index in [-0.39, 0.29) is 12.5 Å². The maximum atomic E-state index is 11.6. The minimum absolute atomic E-state index is 0.0102. The third kappa shape index (κ3) is 3.82. The molecule has 0 radical (unpaired) electrons. The number of amides is 1. The van der Waals surface area contributed by atoms with Crippen LogP contribution in [0, 0.1) is 6.92 Å². The van der Waals surface area contributed by atoms with Crippen molar-refractivity contribution in [2.24, 2.45) is 0 Å². The fraction of sp³-hybridized carbons (Fsp3) is 0.500. The summed E-state index contributed by atoms with van der Waals surface area (Å²) < 4.78 is 9.79. The van der Waals surface area contributed by atoms with Gasteiger partial charge in [-0.15, -0.1) is 11.3 Å². The lowest BCUT2D eigenvalue weighted by Gasteiger charge is -2.07. The van der Waals surface area contributed by atoms with Crippen LogP contribution in [0.25, 0.3) is 0 Å². The summed E-state index contributed by atoms with van der Waals surface area (Å²) in [7, 11) is 1.31. The van der Waals surface area contributed by atoms with Crippen molar-refractivity contribution in [2.45, 2.75) is 20.3 Å². The summed E-state index contributed by atoms with van der Waals surface area (Å²) in [6.45, 7) is 4.32. The number of carbonyl (C=O) groups is 2. The second-order valence-electron chi connectivity index (χ2n) is 3.72. The molecule has 0 aliphatic carbocycles. The van der Waals surface area contributed by atoms with Gasteiger partial charge >= 0.3 is 5.97 Å². The van der Waals surface area contributed by atoms with E-state index in [1.807, 2.05) is 13.8 Å². The highest BCUT2D eigenvalue weighted by atomic mass is 32.1. The molecule has 0 unspecified atom stereocenters. The van der Waals surface area contributed by atoms with Crippen LogP contribution in [0.2, 0.25) is 0 Å². The first kappa shape index (κ1) is 14.7. The Kier molecular flexibility index (Phi) is 5.80. The molecule has 0 bridgehead atoms. The molecule has 1 rings (SSSR count). The number of thiophene rings is 1. The Morgan fingerprint density at radius 3 is 2.78 bits per heavy atom. The zero-order valence-electron chi connectivity index (χ0n) is 10.7. The number of hydrogen-bond donors (Lipinski definition) is 1. The van der Waals surface area contributed by atoms with Crippen LogP contribution in [-0.2, 0) is 14.3 Å². The van der Waals surface area contributed by atoms with Crippen LogP contribution in [0.4, 0.5) is 5.69 Å². The van der Waals surface area contributed by atoms with Crippen molar-refractivity contribution in [1.82, 2.24) is 0 Å². The van der Waals surface area contributed by atoms with E-state index in [0.29, 0.717) is 17.2 Å². The third-order valence-corrected chi connectivity index (χ3v) is 3.27. The molecule has 100 valence electrons. The first-order chi connectivity index (χ1) is 8.60. The number of carbonyl (C=O) groups excluding carboxylic acids is 2. The highest BCUT2D eigenvalue weighted by Gasteiger charge is 2.18. The quantitative estimate of drug-likeness (QED) is 0.636. The standard InChI is InChI=1S/C12H17NO4S/c1-4-5-17-6-9(14)13-10-8(2)7-18-11(10)12(15)16-3/h7H,4-6H2,1-3H3,(H,13,14). The van der Waals surface area contributed by atoms with Crippen LogP contribution in [0.3, 0.4) is 0 Å². The van der Waals surface area contributed by atoms with Gasteiger partial charge in [0, 0.05) is 6.61 Å². The maximum absolute atomic E-state index is 11.6. The summed E-state index contributed by atoms with van der Waals surface area (Å²) in [5.74, 6) is -0.715. The molecule has 1 amide bonds. The summed E-state index contributed by atoms with van der Waals surface area (Å²) in [4.78, 5) is 23.5. The van der Waals surface area contributed by atoms with Gasteiger partial charge in [0.05, 0.1) is 12.8 Å². The van der Waals surface area contributed by atoms with E-state index in [4.69, 9.17) is 4.74 Å². The lowest BCUT2D eigenvalue weighted by molar-refractivity contribution is -0.120. The van der Waals surface area contributed by atoms with Crippen molar-refractivity contribution >= 4 is 28.9 Å². The lowest BCUT2D eigenvalue weighted by atomic mass is 10.2. The van der Waals surface area contributed by atoms with Gasteiger partial charge in [-0.3, -0.25) is 4.79 Å². The summed E-state index contributed by atoms with van der Waals surface area (Å²) in [5.41, 5.74) is 1.35. The maximum Gasteiger partial charge on any atom is 0.350 e. The van der Waals surface area contributed by atoms with Crippen molar-refractivity contribution < 1.29 is 19.1 Å². The third-order valence-electron chi connectivity index (χ3n) is 2.19. The molecular weight excluding hydrogens is 254 g/mol. The smallest absolute Gasteiger partial charge is 0.350 e. The molecule has 1 aromatic rings. The SMILES string of the molecule is CCCOCC(=O)Nc1c(C)csc1C(=O)OC. The molecule has 1 N–H and O–H groups in total. The Labute approximate surface area is 110 Å². The van der Waals surface area contributed by atoms with E-state index in [1.54, 1.807) is 5.38 Å². The number of methoxy groups -OCH3 is 1. The summed E-state index contributed by atoms with van der Waals surface area (Å²) in [5, 5.41) is 4.48. The number of esters is 1. The van der Waals surface area contributed by atoms with E-state index in [2.05, 4.69) is 10.1 Å². The van der Waals surface area contributed by atoms with Gasteiger partial charge < -0.3 is 14.8 Å². The molecule has 0 aliphatic rings. The molecule has 0 saturated heterocycles. The highest BCUT2D eigenvalue weighted by molar-refractivity contribution is 7.12. The van der Waals surface area contributed by atoms with Gasteiger partial charge in [0.2, 0.25) is 5.91 Å². The number of hydrogen-bond acceptors (Lipinski definition) is 5. The number of rotatable bonds is 6. The zero-order valence-corrected chi connectivity index (χ0v) is 11.6. The first-order valence-corrected chi connectivity index (χ1v) is 6.52. The molecule has 0 aromatic carbocycles. The van der Waals surface area contributed by atoms with Crippen molar-refractivity contribution in [3.63, 3.8) is 0 Å². The Bertz CT molecular complexity index is 428. The van der Waals surface area contributed by atoms with Gasteiger partial charge in [0.25, 0.3) is 0 Å². The van der Waals surface area contributed by atoms with E-state index in [9.17, 15) is 9.59 Å². The first-order valence-electron chi connectivity index (χ1n) is 5.64. The average molecular weight is 271 g/mol. The number of anilines is 1. The number of ether oxygens (including phenoxy) is 2. The van der Waals surface area contributed by atoms with Crippen molar-refractivity contribution in [3.05, 3.63) is 15.8 Å². The van der Waals surface area contributed by atoms with E-state index >= 15 is 0 Å². The van der Waals surface area contributed by atoms with Gasteiger partial charge in [0.15, 0.2) is 0 Å². The summed E-state index contributed by atoms with van der Waals surface area (Å²) in [6.07, 6.45) is 0.859. The molecule has 0 atom stereocenters. The second-order valence-corrected chi connectivity index (χ2v) is 4.59. The molecule has 18 heavy (non-hydrogen) atoms. The molecule has 0 fully saturated rings. The van der Waals surface area contributed by atoms with Gasteiger partial charge in [-0.2, -0.15) is 0 Å². The Balaban J connectivity index is 2.68. The second kappa shape index (κ2) is 7.13. The van der Waals surface area contributed by atoms with Gasteiger partial charge in [-0.05, 0) is 24.3 Å². The van der Waals surface area contributed by atoms with Crippen LogP contribution in [0.1, 0.15) is 28.6 Å². The molecule has 1 heterocycles. The van der Waals surface area contributed by atoms with Gasteiger partial charge in [0.1, 0.15) is 11.5 Å². The normalized spacial score (nSPS) is 10.2. The Morgan fingerprint density at radius 1 is 1.44 bits per heavy atom.